The predicted octanol–water partition coefficient (Wildman–Crippen LogP) is 4.84. The molecular formula is C26H26ClN3O5. The summed E-state index contributed by atoms with van der Waals surface area (Å²) in [4.78, 5) is 24.8. The zero-order valence-corrected chi connectivity index (χ0v) is 20.4. The second kappa shape index (κ2) is 12.4. The van der Waals surface area contributed by atoms with Crippen LogP contribution in [-0.2, 0) is 4.79 Å². The number of methoxy groups -OCH3 is 1. The largest absolute Gasteiger partial charge is 0.493 e. The minimum Gasteiger partial charge on any atom is -0.493 e. The Labute approximate surface area is 208 Å². The smallest absolute Gasteiger partial charge is 0.271 e. The Bertz CT molecular complexity index is 1210. The molecular weight excluding hydrogens is 470 g/mol. The summed E-state index contributed by atoms with van der Waals surface area (Å²) in [6.45, 7) is 4.09. The van der Waals surface area contributed by atoms with Crippen LogP contribution in [0.4, 0.5) is 5.69 Å². The van der Waals surface area contributed by atoms with Crippen molar-refractivity contribution in [2.75, 3.05) is 25.6 Å². The first-order chi connectivity index (χ1) is 16.9. The van der Waals surface area contributed by atoms with Gasteiger partial charge in [-0.2, -0.15) is 5.10 Å². The molecule has 0 unspecified atom stereocenters. The lowest BCUT2D eigenvalue weighted by molar-refractivity contribution is -0.118. The number of hydrogen-bond donors (Lipinski definition) is 2. The van der Waals surface area contributed by atoms with Gasteiger partial charge in [0.05, 0.1) is 19.9 Å². The van der Waals surface area contributed by atoms with Crippen molar-refractivity contribution in [1.29, 1.82) is 0 Å². The molecule has 0 aliphatic carbocycles. The quantitative estimate of drug-likeness (QED) is 0.310. The fraction of sp³-hybridized carbons (Fsp3) is 0.192. The van der Waals surface area contributed by atoms with E-state index in [1.165, 1.54) is 13.3 Å². The van der Waals surface area contributed by atoms with Crippen LogP contribution in [-0.4, -0.2) is 38.4 Å². The molecule has 8 nitrogen and oxygen atoms in total. The third-order valence-electron chi connectivity index (χ3n) is 4.76. The normalized spacial score (nSPS) is 10.6. The molecule has 9 heteroatoms. The van der Waals surface area contributed by atoms with Crippen molar-refractivity contribution in [2.45, 2.75) is 13.8 Å². The minimum atomic E-state index is -0.440. The molecule has 0 atom stereocenters. The molecule has 0 saturated heterocycles. The van der Waals surface area contributed by atoms with Crippen molar-refractivity contribution < 1.29 is 23.8 Å². The van der Waals surface area contributed by atoms with E-state index in [1.807, 2.05) is 38.1 Å². The lowest BCUT2D eigenvalue weighted by atomic mass is 10.2. The maximum atomic E-state index is 12.5. The van der Waals surface area contributed by atoms with E-state index in [-0.39, 0.29) is 12.5 Å². The molecule has 0 aliphatic heterocycles. The number of amides is 2. The standard InChI is InChI=1S/C26H26ClN3O5/c1-4-34-23-11-7-18(14-24(23)33-3)26(32)30-28-15-19-13-20(27)8-12-22(19)35-16-25(31)29-21-9-5-17(2)6-10-21/h5-15H,4,16H2,1-3H3,(H,29,31)(H,30,32)/b28-15+. The topological polar surface area (TPSA) is 98.3 Å². The number of aryl methyl sites for hydroxylation is 1. The summed E-state index contributed by atoms with van der Waals surface area (Å²) < 4.78 is 16.4. The SMILES string of the molecule is CCOc1ccc(C(=O)N/N=C/c2cc(Cl)ccc2OCC(=O)Nc2ccc(C)cc2)cc1OC. The number of nitrogens with zero attached hydrogens (tertiary/aromatic N) is 1. The lowest BCUT2D eigenvalue weighted by Crippen LogP contribution is -2.20. The number of rotatable bonds is 10. The summed E-state index contributed by atoms with van der Waals surface area (Å²) in [5.74, 6) is 0.614. The molecule has 2 amide bonds. The Hall–Kier alpha value is -4.04. The Balaban J connectivity index is 1.63. The van der Waals surface area contributed by atoms with Gasteiger partial charge >= 0.3 is 0 Å². The summed E-state index contributed by atoms with van der Waals surface area (Å²) in [5, 5.41) is 7.22. The van der Waals surface area contributed by atoms with Crippen LogP contribution in [0, 0.1) is 6.92 Å². The summed E-state index contributed by atoms with van der Waals surface area (Å²) in [6.07, 6.45) is 1.39. The maximum Gasteiger partial charge on any atom is 0.271 e. The fourth-order valence-electron chi connectivity index (χ4n) is 3.04. The molecule has 3 aromatic carbocycles. The molecule has 0 radical (unpaired) electrons. The summed E-state index contributed by atoms with van der Waals surface area (Å²) in [6, 6.07) is 17.2. The highest BCUT2D eigenvalue weighted by Gasteiger charge is 2.11. The fourth-order valence-corrected chi connectivity index (χ4v) is 3.22. The Morgan fingerprint density at radius 1 is 0.971 bits per heavy atom. The Morgan fingerprint density at radius 2 is 1.71 bits per heavy atom. The molecule has 0 heterocycles. The van der Waals surface area contributed by atoms with Gasteiger partial charge in [0.25, 0.3) is 11.8 Å². The number of carbonyl (C=O) groups excluding carboxylic acids is 2. The van der Waals surface area contributed by atoms with Crippen LogP contribution in [0.2, 0.25) is 5.02 Å². The van der Waals surface area contributed by atoms with E-state index in [0.717, 1.165) is 5.56 Å². The van der Waals surface area contributed by atoms with Crippen molar-refractivity contribution in [3.63, 3.8) is 0 Å². The van der Waals surface area contributed by atoms with Crippen molar-refractivity contribution in [1.82, 2.24) is 5.43 Å². The monoisotopic (exact) mass is 495 g/mol. The van der Waals surface area contributed by atoms with Crippen LogP contribution in [0.15, 0.2) is 65.8 Å². The molecule has 0 aromatic heterocycles. The third-order valence-corrected chi connectivity index (χ3v) is 5.00. The lowest BCUT2D eigenvalue weighted by Gasteiger charge is -2.11. The van der Waals surface area contributed by atoms with Gasteiger partial charge in [0.15, 0.2) is 18.1 Å². The molecule has 2 N–H and O–H groups in total. The number of hydrogen-bond acceptors (Lipinski definition) is 6. The number of benzene rings is 3. The van der Waals surface area contributed by atoms with E-state index in [2.05, 4.69) is 15.8 Å². The maximum absolute atomic E-state index is 12.5. The van der Waals surface area contributed by atoms with E-state index in [0.29, 0.717) is 45.7 Å². The van der Waals surface area contributed by atoms with E-state index in [9.17, 15) is 9.59 Å². The predicted molar refractivity (Wildman–Crippen MR) is 136 cm³/mol. The van der Waals surface area contributed by atoms with Crippen LogP contribution in [0.3, 0.4) is 0 Å². The highest BCUT2D eigenvalue weighted by atomic mass is 35.5. The summed E-state index contributed by atoms with van der Waals surface area (Å²) in [5.41, 5.74) is 5.06. The van der Waals surface area contributed by atoms with Gasteiger partial charge in [-0.3, -0.25) is 9.59 Å². The molecule has 3 aromatic rings. The van der Waals surface area contributed by atoms with E-state index < -0.39 is 5.91 Å². The van der Waals surface area contributed by atoms with Crippen LogP contribution in [0.25, 0.3) is 0 Å². The second-order valence-corrected chi connectivity index (χ2v) is 7.82. The molecule has 0 fully saturated rings. The molecule has 35 heavy (non-hydrogen) atoms. The van der Waals surface area contributed by atoms with Gasteiger partial charge in [-0.25, -0.2) is 5.43 Å². The summed E-state index contributed by atoms with van der Waals surface area (Å²) >= 11 is 6.10. The first kappa shape index (κ1) is 25.6. The van der Waals surface area contributed by atoms with E-state index in [4.69, 9.17) is 25.8 Å². The number of carbonyl (C=O) groups is 2. The van der Waals surface area contributed by atoms with E-state index >= 15 is 0 Å². The van der Waals surface area contributed by atoms with Gasteiger partial charge in [-0.1, -0.05) is 29.3 Å². The van der Waals surface area contributed by atoms with Crippen LogP contribution < -0.4 is 25.0 Å². The second-order valence-electron chi connectivity index (χ2n) is 7.38. The van der Waals surface area contributed by atoms with Gasteiger partial charge < -0.3 is 19.5 Å². The average Bonchev–Trinajstić information content (AvgIpc) is 2.85. The Morgan fingerprint density at radius 3 is 2.43 bits per heavy atom. The molecule has 0 saturated carbocycles. The van der Waals surface area contributed by atoms with Crippen LogP contribution in [0.5, 0.6) is 17.2 Å². The molecule has 0 spiro atoms. The molecule has 0 bridgehead atoms. The first-order valence-electron chi connectivity index (χ1n) is 10.8. The zero-order chi connectivity index (χ0) is 25.2. The minimum absolute atomic E-state index is 0.214. The number of hydrazone groups is 1. The van der Waals surface area contributed by atoms with Crippen molar-refractivity contribution in [2.24, 2.45) is 5.10 Å². The van der Waals surface area contributed by atoms with Gasteiger partial charge in [0, 0.05) is 21.8 Å². The molecule has 3 rings (SSSR count). The van der Waals surface area contributed by atoms with Gasteiger partial charge in [-0.05, 0) is 62.4 Å². The number of nitrogens with one attached hydrogen (secondary N) is 2. The van der Waals surface area contributed by atoms with Crippen LogP contribution >= 0.6 is 11.6 Å². The van der Waals surface area contributed by atoms with Gasteiger partial charge in [0.1, 0.15) is 5.75 Å². The average molecular weight is 496 g/mol. The summed E-state index contributed by atoms with van der Waals surface area (Å²) in [7, 11) is 1.50. The molecule has 0 aliphatic rings. The molecule has 182 valence electrons. The number of anilines is 1. The highest BCUT2D eigenvalue weighted by Crippen LogP contribution is 2.28. The van der Waals surface area contributed by atoms with Crippen molar-refractivity contribution in [3.05, 3.63) is 82.4 Å². The third kappa shape index (κ3) is 7.48. The van der Waals surface area contributed by atoms with Crippen LogP contribution in [0.1, 0.15) is 28.4 Å². The van der Waals surface area contributed by atoms with E-state index in [1.54, 1.807) is 36.4 Å². The Kier molecular flexibility index (Phi) is 9.09. The number of ether oxygens (including phenoxy) is 3. The van der Waals surface area contributed by atoms with Gasteiger partial charge in [0.2, 0.25) is 0 Å². The van der Waals surface area contributed by atoms with Gasteiger partial charge in [-0.15, -0.1) is 0 Å². The van der Waals surface area contributed by atoms with Crippen molar-refractivity contribution >= 4 is 35.3 Å². The zero-order valence-electron chi connectivity index (χ0n) is 19.6. The van der Waals surface area contributed by atoms with Crippen molar-refractivity contribution in [3.8, 4) is 17.2 Å². The first-order valence-corrected chi connectivity index (χ1v) is 11.2. The highest BCUT2D eigenvalue weighted by molar-refractivity contribution is 6.30. The number of halogens is 1.